The maximum Gasteiger partial charge on any atom is 0.266 e. The minimum absolute atomic E-state index is 0.0200. The van der Waals surface area contributed by atoms with Gasteiger partial charge in [0.15, 0.2) is 5.75 Å². The largest absolute Gasteiger partial charge is 0.504 e. The van der Waals surface area contributed by atoms with Crippen LogP contribution in [-0.2, 0) is 0 Å². The van der Waals surface area contributed by atoms with Gasteiger partial charge in [-0.2, -0.15) is 5.26 Å². The van der Waals surface area contributed by atoms with Crippen molar-refractivity contribution in [1.29, 1.82) is 5.26 Å². The molecule has 0 saturated heterocycles. The van der Waals surface area contributed by atoms with E-state index in [1.54, 1.807) is 0 Å². The molecule has 1 heterocycles. The second kappa shape index (κ2) is 3.66. The lowest BCUT2D eigenvalue weighted by Gasteiger charge is -2.04. The predicted octanol–water partition coefficient (Wildman–Crippen LogP) is 2.36. The van der Waals surface area contributed by atoms with Gasteiger partial charge in [0.1, 0.15) is 16.2 Å². The number of halogens is 3. The molecule has 0 radical (unpaired) electrons. The molecule has 0 fully saturated rings. The molecular weight excluding hydrogens is 246 g/mol. The van der Waals surface area contributed by atoms with Gasteiger partial charge in [0.05, 0.1) is 5.56 Å². The highest BCUT2D eigenvalue weighted by Crippen LogP contribution is 2.32. The van der Waals surface area contributed by atoms with E-state index in [1.165, 1.54) is 6.07 Å². The van der Waals surface area contributed by atoms with Crippen LogP contribution in [0.3, 0.4) is 0 Å². The molecule has 0 aliphatic carbocycles. The lowest BCUT2D eigenvalue weighted by Crippen LogP contribution is -1.93. The molecule has 6 heteroatoms. The number of nitrogens with zero attached hydrogens (tertiary/aromatic N) is 2. The van der Waals surface area contributed by atoms with Crippen LogP contribution in [0.5, 0.6) is 5.75 Å². The summed E-state index contributed by atoms with van der Waals surface area (Å²) in [6.07, 6.45) is -1.96. The Labute approximate surface area is 80.8 Å². The van der Waals surface area contributed by atoms with Crippen molar-refractivity contribution in [3.05, 3.63) is 21.9 Å². The Morgan fingerprint density at radius 1 is 1.62 bits per heavy atom. The van der Waals surface area contributed by atoms with E-state index >= 15 is 0 Å². The fourth-order valence-corrected chi connectivity index (χ4v) is 1.08. The quantitative estimate of drug-likeness (QED) is 0.777. The van der Waals surface area contributed by atoms with Crippen LogP contribution in [0.1, 0.15) is 17.6 Å². The Morgan fingerprint density at radius 2 is 2.23 bits per heavy atom. The summed E-state index contributed by atoms with van der Waals surface area (Å²) in [5, 5.41) is 17.6. The van der Waals surface area contributed by atoms with Gasteiger partial charge in [-0.25, -0.2) is 13.8 Å². The Balaban J connectivity index is 3.41. The number of pyridine rings is 1. The van der Waals surface area contributed by atoms with E-state index in [0.29, 0.717) is 0 Å². The summed E-state index contributed by atoms with van der Waals surface area (Å²) in [5.74, 6) is -0.555. The summed E-state index contributed by atoms with van der Waals surface area (Å²) >= 11 is 2.81. The number of rotatable bonds is 1. The maximum atomic E-state index is 12.2. The average molecular weight is 249 g/mol. The minimum atomic E-state index is -2.82. The van der Waals surface area contributed by atoms with Crippen LogP contribution in [-0.4, -0.2) is 10.1 Å². The molecular formula is C7H3BrF2N2O. The van der Waals surface area contributed by atoms with Crippen molar-refractivity contribution >= 4 is 15.9 Å². The highest BCUT2D eigenvalue weighted by molar-refractivity contribution is 9.10. The van der Waals surface area contributed by atoms with Crippen LogP contribution < -0.4 is 0 Å². The Hall–Kier alpha value is -1.22. The number of aromatic nitrogens is 1. The minimum Gasteiger partial charge on any atom is -0.504 e. The number of hydrogen-bond donors (Lipinski definition) is 1. The first-order chi connectivity index (χ1) is 6.07. The van der Waals surface area contributed by atoms with Crippen LogP contribution in [0.15, 0.2) is 10.8 Å². The summed E-state index contributed by atoms with van der Waals surface area (Å²) in [6.45, 7) is 0. The third kappa shape index (κ3) is 1.75. The van der Waals surface area contributed by atoms with Gasteiger partial charge in [0, 0.05) is 6.20 Å². The predicted molar refractivity (Wildman–Crippen MR) is 43.3 cm³/mol. The van der Waals surface area contributed by atoms with Gasteiger partial charge < -0.3 is 5.11 Å². The molecule has 0 aliphatic heterocycles. The molecule has 0 unspecified atom stereocenters. The summed E-state index contributed by atoms with van der Waals surface area (Å²) in [7, 11) is 0. The third-order valence-electron chi connectivity index (χ3n) is 1.38. The second-order valence-electron chi connectivity index (χ2n) is 2.14. The Morgan fingerprint density at radius 3 is 2.69 bits per heavy atom. The van der Waals surface area contributed by atoms with Crippen molar-refractivity contribution in [3.63, 3.8) is 0 Å². The molecule has 0 aliphatic rings. The lowest BCUT2D eigenvalue weighted by atomic mass is 10.1. The first-order valence-electron chi connectivity index (χ1n) is 3.13. The number of nitriles is 1. The first kappa shape index (κ1) is 9.86. The van der Waals surface area contributed by atoms with E-state index in [0.717, 1.165) is 6.20 Å². The SMILES string of the molecule is N#Cc1c(C(F)F)cnc(Br)c1O. The molecule has 0 aromatic carbocycles. The van der Waals surface area contributed by atoms with E-state index in [-0.39, 0.29) is 4.60 Å². The van der Waals surface area contributed by atoms with Gasteiger partial charge in [-0.15, -0.1) is 0 Å². The molecule has 0 amide bonds. The molecule has 1 aromatic heterocycles. The molecule has 13 heavy (non-hydrogen) atoms. The number of hydrogen-bond acceptors (Lipinski definition) is 3. The number of alkyl halides is 2. The normalized spacial score (nSPS) is 10.1. The van der Waals surface area contributed by atoms with Crippen molar-refractivity contribution in [3.8, 4) is 11.8 Å². The molecule has 68 valence electrons. The van der Waals surface area contributed by atoms with Crippen LogP contribution in [0.4, 0.5) is 8.78 Å². The van der Waals surface area contributed by atoms with E-state index < -0.39 is 23.3 Å². The van der Waals surface area contributed by atoms with Gasteiger partial charge in [0.25, 0.3) is 6.43 Å². The molecule has 3 nitrogen and oxygen atoms in total. The molecule has 1 aromatic rings. The maximum absolute atomic E-state index is 12.2. The zero-order valence-electron chi connectivity index (χ0n) is 6.13. The Kier molecular flexibility index (Phi) is 2.78. The fourth-order valence-electron chi connectivity index (χ4n) is 0.775. The van der Waals surface area contributed by atoms with Crippen molar-refractivity contribution in [2.24, 2.45) is 0 Å². The second-order valence-corrected chi connectivity index (χ2v) is 2.89. The topological polar surface area (TPSA) is 56.9 Å². The monoisotopic (exact) mass is 248 g/mol. The summed E-state index contributed by atoms with van der Waals surface area (Å²) in [4.78, 5) is 3.44. The van der Waals surface area contributed by atoms with Crippen molar-refractivity contribution in [2.75, 3.05) is 0 Å². The van der Waals surface area contributed by atoms with Gasteiger partial charge in [-0.1, -0.05) is 0 Å². The Bertz CT molecular complexity index is 375. The van der Waals surface area contributed by atoms with E-state index in [1.807, 2.05) is 0 Å². The van der Waals surface area contributed by atoms with Gasteiger partial charge in [-0.05, 0) is 15.9 Å². The molecule has 0 bridgehead atoms. The van der Waals surface area contributed by atoms with E-state index in [2.05, 4.69) is 20.9 Å². The smallest absolute Gasteiger partial charge is 0.266 e. The fraction of sp³-hybridized carbons (Fsp3) is 0.143. The van der Waals surface area contributed by atoms with Gasteiger partial charge in [0.2, 0.25) is 0 Å². The highest BCUT2D eigenvalue weighted by Gasteiger charge is 2.18. The van der Waals surface area contributed by atoms with Crippen molar-refractivity contribution < 1.29 is 13.9 Å². The van der Waals surface area contributed by atoms with Crippen molar-refractivity contribution in [1.82, 2.24) is 4.98 Å². The van der Waals surface area contributed by atoms with Crippen LogP contribution >= 0.6 is 15.9 Å². The van der Waals surface area contributed by atoms with E-state index in [9.17, 15) is 8.78 Å². The summed E-state index contributed by atoms with van der Waals surface area (Å²) in [5.41, 5.74) is -1.01. The molecule has 0 saturated carbocycles. The molecule has 0 atom stereocenters. The summed E-state index contributed by atoms with van der Waals surface area (Å²) in [6, 6.07) is 1.49. The third-order valence-corrected chi connectivity index (χ3v) is 1.97. The highest BCUT2D eigenvalue weighted by atomic mass is 79.9. The molecule has 0 spiro atoms. The zero-order chi connectivity index (χ0) is 10.0. The van der Waals surface area contributed by atoms with E-state index in [4.69, 9.17) is 10.4 Å². The standard InChI is InChI=1S/C7H3BrF2N2O/c8-6-5(13)3(1-11)4(2-12-6)7(9)10/h2,7,13H. The zero-order valence-corrected chi connectivity index (χ0v) is 7.72. The van der Waals surface area contributed by atoms with Crippen LogP contribution in [0.25, 0.3) is 0 Å². The molecule has 1 rings (SSSR count). The average Bonchev–Trinajstić information content (AvgIpc) is 2.09. The lowest BCUT2D eigenvalue weighted by molar-refractivity contribution is 0.150. The number of aromatic hydroxyl groups is 1. The first-order valence-corrected chi connectivity index (χ1v) is 3.92. The van der Waals surface area contributed by atoms with Crippen molar-refractivity contribution in [2.45, 2.75) is 6.43 Å². The van der Waals surface area contributed by atoms with Gasteiger partial charge >= 0.3 is 0 Å². The van der Waals surface area contributed by atoms with Crippen LogP contribution in [0.2, 0.25) is 0 Å². The van der Waals surface area contributed by atoms with Gasteiger partial charge in [-0.3, -0.25) is 0 Å². The molecule has 1 N–H and O–H groups in total. The summed E-state index contributed by atoms with van der Waals surface area (Å²) < 4.78 is 24.4. The van der Waals surface area contributed by atoms with Crippen LogP contribution in [0, 0.1) is 11.3 Å².